The molecule has 0 unspecified atom stereocenters. The van der Waals surface area contributed by atoms with Crippen molar-refractivity contribution in [3.05, 3.63) is 71.8 Å². The molecule has 5 nitrogen and oxygen atoms in total. The maximum absolute atomic E-state index is 12.1. The average molecular weight is 380 g/mol. The van der Waals surface area contributed by atoms with Crippen molar-refractivity contribution < 1.29 is 14.7 Å². The Morgan fingerprint density at radius 1 is 1.07 bits per heavy atom. The maximum Gasteiger partial charge on any atom is 0.306 e. The first-order valence-electron chi connectivity index (χ1n) is 9.93. The topological polar surface area (TPSA) is 62.1 Å². The molecule has 0 radical (unpaired) electrons. The van der Waals surface area contributed by atoms with Gasteiger partial charge in [-0.05, 0) is 11.1 Å². The summed E-state index contributed by atoms with van der Waals surface area (Å²) in [5.41, 5.74) is 2.16. The number of esters is 1. The molecule has 1 fully saturated rings. The van der Waals surface area contributed by atoms with Gasteiger partial charge >= 0.3 is 5.97 Å². The number of rotatable bonds is 7. The summed E-state index contributed by atoms with van der Waals surface area (Å²) in [6, 6.07) is 19.8. The number of piperidine rings is 1. The summed E-state index contributed by atoms with van der Waals surface area (Å²) >= 11 is 0. The lowest BCUT2D eigenvalue weighted by atomic mass is 9.84. The van der Waals surface area contributed by atoms with Gasteiger partial charge in [0, 0.05) is 45.3 Å². The largest absolute Gasteiger partial charge is 0.454 e. The minimum Gasteiger partial charge on any atom is -0.454 e. The van der Waals surface area contributed by atoms with Gasteiger partial charge in [0.1, 0.15) is 5.60 Å². The Bertz CT molecular complexity index is 782. The number of benzene rings is 2. The Morgan fingerprint density at radius 2 is 1.68 bits per heavy atom. The SMILES string of the molecule is CCC(=O)OC1(c2ccccc2)CCN(CC/C(=N\O)c2ccccc2)CC1. The lowest BCUT2D eigenvalue weighted by molar-refractivity contribution is -0.166. The van der Waals surface area contributed by atoms with E-state index in [1.807, 2.05) is 67.6 Å². The van der Waals surface area contributed by atoms with E-state index in [9.17, 15) is 10.0 Å². The summed E-state index contributed by atoms with van der Waals surface area (Å²) in [6.07, 6.45) is 2.58. The highest BCUT2D eigenvalue weighted by atomic mass is 16.6. The van der Waals surface area contributed by atoms with Gasteiger partial charge in [-0.2, -0.15) is 0 Å². The quantitative estimate of drug-likeness (QED) is 0.338. The fourth-order valence-corrected chi connectivity index (χ4v) is 3.77. The molecule has 2 aromatic rings. The average Bonchev–Trinajstić information content (AvgIpc) is 2.76. The van der Waals surface area contributed by atoms with Gasteiger partial charge in [0.05, 0.1) is 5.71 Å². The summed E-state index contributed by atoms with van der Waals surface area (Å²) < 4.78 is 5.95. The van der Waals surface area contributed by atoms with Crippen LogP contribution in [0.25, 0.3) is 0 Å². The molecule has 0 atom stereocenters. The Hall–Kier alpha value is -2.66. The Morgan fingerprint density at radius 3 is 2.25 bits per heavy atom. The van der Waals surface area contributed by atoms with Gasteiger partial charge in [-0.1, -0.05) is 72.7 Å². The van der Waals surface area contributed by atoms with Gasteiger partial charge in [0.25, 0.3) is 0 Å². The molecule has 1 aliphatic heterocycles. The van der Waals surface area contributed by atoms with E-state index in [-0.39, 0.29) is 5.97 Å². The molecule has 0 saturated carbocycles. The normalized spacial score (nSPS) is 17.2. The molecule has 1 aliphatic rings. The van der Waals surface area contributed by atoms with E-state index in [4.69, 9.17) is 4.74 Å². The Kier molecular flexibility index (Phi) is 6.82. The van der Waals surface area contributed by atoms with Gasteiger partial charge in [0.2, 0.25) is 0 Å². The number of hydrogen-bond donors (Lipinski definition) is 1. The summed E-state index contributed by atoms with van der Waals surface area (Å²) in [4.78, 5) is 14.4. The van der Waals surface area contributed by atoms with Gasteiger partial charge < -0.3 is 14.8 Å². The van der Waals surface area contributed by atoms with Crippen molar-refractivity contribution in [1.29, 1.82) is 0 Å². The summed E-state index contributed by atoms with van der Waals surface area (Å²) in [5, 5.41) is 12.9. The fraction of sp³-hybridized carbons (Fsp3) is 0.391. The zero-order valence-corrected chi connectivity index (χ0v) is 16.4. The second-order valence-corrected chi connectivity index (χ2v) is 7.19. The molecule has 28 heavy (non-hydrogen) atoms. The summed E-state index contributed by atoms with van der Waals surface area (Å²) in [5.74, 6) is -0.156. The van der Waals surface area contributed by atoms with E-state index in [2.05, 4.69) is 10.1 Å². The molecule has 1 saturated heterocycles. The van der Waals surface area contributed by atoms with Crippen LogP contribution in [0.4, 0.5) is 0 Å². The monoisotopic (exact) mass is 380 g/mol. The highest BCUT2D eigenvalue weighted by Gasteiger charge is 2.39. The van der Waals surface area contributed by atoms with Crippen LogP contribution in [-0.2, 0) is 15.1 Å². The third-order valence-corrected chi connectivity index (χ3v) is 5.45. The molecule has 0 spiro atoms. The van der Waals surface area contributed by atoms with Crippen LogP contribution < -0.4 is 0 Å². The standard InChI is InChI=1S/C23H28N2O3/c1-2-22(26)28-23(20-11-7-4-8-12-20)14-17-25(18-15-23)16-13-21(24-27)19-9-5-3-6-10-19/h3-12,27H,2,13-18H2,1H3/b24-21+. The van der Waals surface area contributed by atoms with Crippen LogP contribution in [0.3, 0.4) is 0 Å². The molecule has 0 bridgehead atoms. The lowest BCUT2D eigenvalue weighted by Gasteiger charge is -2.41. The van der Waals surface area contributed by atoms with Crippen molar-refractivity contribution in [3.63, 3.8) is 0 Å². The van der Waals surface area contributed by atoms with Crippen LogP contribution in [0.15, 0.2) is 65.8 Å². The van der Waals surface area contributed by atoms with E-state index in [1.165, 1.54) is 0 Å². The second kappa shape index (κ2) is 9.51. The van der Waals surface area contributed by atoms with Crippen molar-refractivity contribution >= 4 is 11.7 Å². The van der Waals surface area contributed by atoms with Crippen molar-refractivity contribution in [1.82, 2.24) is 4.90 Å². The smallest absolute Gasteiger partial charge is 0.306 e. The van der Waals surface area contributed by atoms with Crippen molar-refractivity contribution in [2.24, 2.45) is 5.16 Å². The van der Waals surface area contributed by atoms with E-state index >= 15 is 0 Å². The first-order valence-corrected chi connectivity index (χ1v) is 9.93. The molecule has 148 valence electrons. The number of ether oxygens (including phenoxy) is 1. The zero-order chi connectivity index (χ0) is 19.8. The first kappa shape index (κ1) is 20.1. The Balaban J connectivity index is 1.63. The highest BCUT2D eigenvalue weighted by molar-refractivity contribution is 6.00. The van der Waals surface area contributed by atoms with Gasteiger partial charge in [-0.3, -0.25) is 4.79 Å². The molecule has 5 heteroatoms. The fourth-order valence-electron chi connectivity index (χ4n) is 3.77. The van der Waals surface area contributed by atoms with Gasteiger partial charge in [-0.15, -0.1) is 0 Å². The molecule has 2 aromatic carbocycles. The van der Waals surface area contributed by atoms with Crippen molar-refractivity contribution in [3.8, 4) is 0 Å². The molecule has 1 N–H and O–H groups in total. The minimum absolute atomic E-state index is 0.156. The van der Waals surface area contributed by atoms with Crippen molar-refractivity contribution in [2.45, 2.75) is 38.2 Å². The van der Waals surface area contributed by atoms with Crippen molar-refractivity contribution in [2.75, 3.05) is 19.6 Å². The predicted molar refractivity (Wildman–Crippen MR) is 110 cm³/mol. The van der Waals surface area contributed by atoms with Crippen LogP contribution in [0.1, 0.15) is 43.7 Å². The van der Waals surface area contributed by atoms with E-state index in [0.29, 0.717) is 18.6 Å². The van der Waals surface area contributed by atoms with Gasteiger partial charge in [0.15, 0.2) is 0 Å². The third-order valence-electron chi connectivity index (χ3n) is 5.45. The number of hydrogen-bond acceptors (Lipinski definition) is 5. The minimum atomic E-state index is -0.543. The number of carbonyl (C=O) groups is 1. The maximum atomic E-state index is 12.1. The Labute approximate surface area is 166 Å². The number of nitrogens with zero attached hydrogens (tertiary/aromatic N) is 2. The van der Waals surface area contributed by atoms with Crippen LogP contribution >= 0.6 is 0 Å². The van der Waals surface area contributed by atoms with Crippen LogP contribution in [-0.4, -0.2) is 41.4 Å². The van der Waals surface area contributed by atoms with Crippen LogP contribution in [0.2, 0.25) is 0 Å². The third kappa shape index (κ3) is 4.78. The number of oxime groups is 1. The summed E-state index contributed by atoms with van der Waals surface area (Å²) in [6.45, 7) is 4.30. The first-order chi connectivity index (χ1) is 13.7. The predicted octanol–water partition coefficient (Wildman–Crippen LogP) is 4.20. The molecule has 0 aliphatic carbocycles. The van der Waals surface area contributed by atoms with Crippen LogP contribution in [0, 0.1) is 0 Å². The number of carbonyl (C=O) groups excluding carboxylic acids is 1. The zero-order valence-electron chi connectivity index (χ0n) is 16.4. The summed E-state index contributed by atoms with van der Waals surface area (Å²) in [7, 11) is 0. The lowest BCUT2D eigenvalue weighted by Crippen LogP contribution is -2.45. The van der Waals surface area contributed by atoms with E-state index in [1.54, 1.807) is 0 Å². The molecule has 0 aromatic heterocycles. The molecular weight excluding hydrogens is 352 g/mol. The highest BCUT2D eigenvalue weighted by Crippen LogP contribution is 2.37. The van der Waals surface area contributed by atoms with E-state index < -0.39 is 5.60 Å². The molecule has 1 heterocycles. The van der Waals surface area contributed by atoms with Gasteiger partial charge in [-0.25, -0.2) is 0 Å². The molecule has 0 amide bonds. The van der Waals surface area contributed by atoms with E-state index in [0.717, 1.165) is 43.6 Å². The van der Waals surface area contributed by atoms with Crippen LogP contribution in [0.5, 0.6) is 0 Å². The molecular formula is C23H28N2O3. The molecule has 3 rings (SSSR count). The number of likely N-dealkylation sites (tertiary alicyclic amines) is 1. The second-order valence-electron chi connectivity index (χ2n) is 7.19.